The molecule has 0 aliphatic rings. The van der Waals surface area contributed by atoms with E-state index in [2.05, 4.69) is 5.32 Å². The highest BCUT2D eigenvalue weighted by Gasteiger charge is 2.14. The zero-order valence-corrected chi connectivity index (χ0v) is 10.0. The van der Waals surface area contributed by atoms with Crippen LogP contribution in [0.3, 0.4) is 0 Å². The molecule has 3 N–H and O–H groups in total. The molecule has 3 nitrogen and oxygen atoms in total. The minimum Gasteiger partial charge on any atom is -0.494 e. The summed E-state index contributed by atoms with van der Waals surface area (Å²) in [6.07, 6.45) is 0. The third kappa shape index (κ3) is 3.47. The van der Waals surface area contributed by atoms with Gasteiger partial charge in [0, 0.05) is 18.6 Å². The molecule has 0 unspecified atom stereocenters. The van der Waals surface area contributed by atoms with Crippen LogP contribution in [-0.2, 0) is 6.54 Å². The number of benzene rings is 1. The van der Waals surface area contributed by atoms with Gasteiger partial charge in [-0.3, -0.25) is 0 Å². The number of ether oxygens (including phenoxy) is 1. The van der Waals surface area contributed by atoms with Crippen molar-refractivity contribution in [1.29, 1.82) is 0 Å². The predicted molar refractivity (Wildman–Crippen MR) is 62.9 cm³/mol. The van der Waals surface area contributed by atoms with Gasteiger partial charge >= 0.3 is 0 Å². The second kappa shape index (κ2) is 5.27. The van der Waals surface area contributed by atoms with Crippen molar-refractivity contribution < 1.29 is 9.13 Å². The molecule has 4 heteroatoms. The Labute approximate surface area is 95.8 Å². The standard InChI is InChI=1S/C12H19FN2O/c1-12(2,8-14)15-7-9-4-5-11(16-3)10(13)6-9/h4-6,15H,7-8,14H2,1-3H3. The maximum Gasteiger partial charge on any atom is 0.165 e. The lowest BCUT2D eigenvalue weighted by Gasteiger charge is -2.24. The zero-order valence-electron chi connectivity index (χ0n) is 10.0. The van der Waals surface area contributed by atoms with Crippen LogP contribution in [0, 0.1) is 5.82 Å². The summed E-state index contributed by atoms with van der Waals surface area (Å²) >= 11 is 0. The maximum absolute atomic E-state index is 13.4. The molecule has 0 atom stereocenters. The molecule has 0 aromatic heterocycles. The van der Waals surface area contributed by atoms with Crippen molar-refractivity contribution in [1.82, 2.24) is 5.32 Å². The Kier molecular flexibility index (Phi) is 4.26. The fraction of sp³-hybridized carbons (Fsp3) is 0.500. The van der Waals surface area contributed by atoms with E-state index in [9.17, 15) is 4.39 Å². The van der Waals surface area contributed by atoms with Gasteiger partial charge in [-0.25, -0.2) is 4.39 Å². The highest BCUT2D eigenvalue weighted by atomic mass is 19.1. The number of methoxy groups -OCH3 is 1. The lowest BCUT2D eigenvalue weighted by Crippen LogP contribution is -2.45. The van der Waals surface area contributed by atoms with Gasteiger partial charge in [-0.05, 0) is 31.5 Å². The van der Waals surface area contributed by atoms with Crippen LogP contribution >= 0.6 is 0 Å². The van der Waals surface area contributed by atoms with Gasteiger partial charge in [-0.1, -0.05) is 6.07 Å². The van der Waals surface area contributed by atoms with Crippen molar-refractivity contribution in [3.05, 3.63) is 29.6 Å². The fourth-order valence-corrected chi connectivity index (χ4v) is 1.23. The first-order valence-electron chi connectivity index (χ1n) is 5.26. The summed E-state index contributed by atoms with van der Waals surface area (Å²) in [6.45, 7) is 5.14. The Hall–Kier alpha value is -1.13. The van der Waals surface area contributed by atoms with Crippen molar-refractivity contribution >= 4 is 0 Å². The summed E-state index contributed by atoms with van der Waals surface area (Å²) in [4.78, 5) is 0. The molecule has 0 aliphatic carbocycles. The average molecular weight is 226 g/mol. The highest BCUT2D eigenvalue weighted by Crippen LogP contribution is 2.17. The summed E-state index contributed by atoms with van der Waals surface area (Å²) in [5.41, 5.74) is 6.32. The van der Waals surface area contributed by atoms with Gasteiger partial charge in [0.1, 0.15) is 0 Å². The Morgan fingerprint density at radius 3 is 2.62 bits per heavy atom. The Balaban J connectivity index is 2.65. The molecular formula is C12H19FN2O. The van der Waals surface area contributed by atoms with Crippen LogP contribution in [0.5, 0.6) is 5.75 Å². The first-order valence-corrected chi connectivity index (χ1v) is 5.26. The van der Waals surface area contributed by atoms with Gasteiger partial charge in [-0.15, -0.1) is 0 Å². The molecule has 1 aromatic carbocycles. The molecule has 1 rings (SSSR count). The average Bonchev–Trinajstić information content (AvgIpc) is 2.27. The van der Waals surface area contributed by atoms with Gasteiger partial charge in [0.2, 0.25) is 0 Å². The quantitative estimate of drug-likeness (QED) is 0.802. The first-order chi connectivity index (χ1) is 7.48. The summed E-state index contributed by atoms with van der Waals surface area (Å²) in [6, 6.07) is 4.93. The van der Waals surface area contributed by atoms with Gasteiger partial charge in [-0.2, -0.15) is 0 Å². The Bertz CT molecular complexity index is 353. The normalized spacial score (nSPS) is 11.6. The molecule has 0 aliphatic heterocycles. The van der Waals surface area contributed by atoms with Gasteiger partial charge in [0.15, 0.2) is 11.6 Å². The van der Waals surface area contributed by atoms with E-state index < -0.39 is 0 Å². The number of nitrogens with one attached hydrogen (secondary N) is 1. The molecule has 0 heterocycles. The van der Waals surface area contributed by atoms with Crippen LogP contribution in [0.25, 0.3) is 0 Å². The van der Waals surface area contributed by atoms with Crippen LogP contribution in [0.15, 0.2) is 18.2 Å². The molecule has 0 saturated carbocycles. The summed E-state index contributed by atoms with van der Waals surface area (Å²) in [7, 11) is 1.45. The number of rotatable bonds is 5. The first kappa shape index (κ1) is 12.9. The predicted octanol–water partition coefficient (Wildman–Crippen LogP) is 1.66. The second-order valence-electron chi connectivity index (χ2n) is 4.41. The summed E-state index contributed by atoms with van der Waals surface area (Å²) in [5.74, 6) is -0.0748. The molecular weight excluding hydrogens is 207 g/mol. The van der Waals surface area contributed by atoms with Crippen molar-refractivity contribution in [2.45, 2.75) is 25.9 Å². The SMILES string of the molecule is COc1ccc(CNC(C)(C)CN)cc1F. The van der Waals surface area contributed by atoms with Gasteiger partial charge in [0.25, 0.3) is 0 Å². The minimum absolute atomic E-state index is 0.142. The van der Waals surface area contributed by atoms with Gasteiger partial charge < -0.3 is 15.8 Å². The number of halogens is 1. The van der Waals surface area contributed by atoms with E-state index in [0.29, 0.717) is 13.1 Å². The fourth-order valence-electron chi connectivity index (χ4n) is 1.23. The zero-order chi connectivity index (χ0) is 12.2. The Morgan fingerprint density at radius 2 is 2.12 bits per heavy atom. The molecule has 0 radical (unpaired) electrons. The molecule has 0 fully saturated rings. The summed E-state index contributed by atoms with van der Waals surface area (Å²) < 4.78 is 18.2. The van der Waals surface area contributed by atoms with Crippen molar-refractivity contribution in [2.75, 3.05) is 13.7 Å². The molecule has 1 aromatic rings. The molecule has 0 bridgehead atoms. The topological polar surface area (TPSA) is 47.3 Å². The summed E-state index contributed by atoms with van der Waals surface area (Å²) in [5, 5.41) is 3.26. The highest BCUT2D eigenvalue weighted by molar-refractivity contribution is 5.29. The van der Waals surface area contributed by atoms with Crippen molar-refractivity contribution in [3.8, 4) is 5.75 Å². The molecule has 90 valence electrons. The second-order valence-corrected chi connectivity index (χ2v) is 4.41. The van der Waals surface area contributed by atoms with E-state index >= 15 is 0 Å². The molecule has 0 spiro atoms. The monoisotopic (exact) mass is 226 g/mol. The van der Waals surface area contributed by atoms with E-state index in [1.165, 1.54) is 13.2 Å². The smallest absolute Gasteiger partial charge is 0.165 e. The maximum atomic E-state index is 13.4. The molecule has 0 saturated heterocycles. The van der Waals surface area contributed by atoms with E-state index in [4.69, 9.17) is 10.5 Å². The van der Waals surface area contributed by atoms with Crippen LogP contribution < -0.4 is 15.8 Å². The minimum atomic E-state index is -0.340. The van der Waals surface area contributed by atoms with Crippen molar-refractivity contribution in [3.63, 3.8) is 0 Å². The van der Waals surface area contributed by atoms with Gasteiger partial charge in [0.05, 0.1) is 7.11 Å². The lowest BCUT2D eigenvalue weighted by molar-refractivity contribution is 0.382. The molecule has 0 amide bonds. The number of hydrogen-bond acceptors (Lipinski definition) is 3. The van der Waals surface area contributed by atoms with E-state index in [1.807, 2.05) is 19.9 Å². The largest absolute Gasteiger partial charge is 0.494 e. The van der Waals surface area contributed by atoms with Crippen LogP contribution in [0.2, 0.25) is 0 Å². The van der Waals surface area contributed by atoms with Crippen molar-refractivity contribution in [2.24, 2.45) is 5.73 Å². The number of hydrogen-bond donors (Lipinski definition) is 2. The Morgan fingerprint density at radius 1 is 1.44 bits per heavy atom. The van der Waals surface area contributed by atoms with Crippen LogP contribution in [0.1, 0.15) is 19.4 Å². The third-order valence-electron chi connectivity index (χ3n) is 2.50. The molecule has 16 heavy (non-hydrogen) atoms. The third-order valence-corrected chi connectivity index (χ3v) is 2.50. The van der Waals surface area contributed by atoms with E-state index in [1.54, 1.807) is 6.07 Å². The lowest BCUT2D eigenvalue weighted by atomic mass is 10.1. The van der Waals surface area contributed by atoms with Crippen LogP contribution in [0.4, 0.5) is 4.39 Å². The number of nitrogens with two attached hydrogens (primary N) is 1. The van der Waals surface area contributed by atoms with E-state index in [-0.39, 0.29) is 17.1 Å². The van der Waals surface area contributed by atoms with Crippen LogP contribution in [-0.4, -0.2) is 19.2 Å². The van der Waals surface area contributed by atoms with E-state index in [0.717, 1.165) is 5.56 Å².